The zero-order chi connectivity index (χ0) is 22.3. The summed E-state index contributed by atoms with van der Waals surface area (Å²) >= 11 is 0. The molecule has 7 nitrogen and oxygen atoms in total. The van der Waals surface area contributed by atoms with Crippen molar-refractivity contribution in [1.82, 2.24) is 19.7 Å². The highest BCUT2D eigenvalue weighted by Gasteiger charge is 2.30. The Bertz CT molecular complexity index is 1100. The van der Waals surface area contributed by atoms with Crippen LogP contribution in [0.5, 0.6) is 5.75 Å². The fraction of sp³-hybridized carbons (Fsp3) is 0.440. The van der Waals surface area contributed by atoms with Gasteiger partial charge in [0.15, 0.2) is 5.82 Å². The van der Waals surface area contributed by atoms with Gasteiger partial charge in [-0.25, -0.2) is 4.98 Å². The Morgan fingerprint density at radius 2 is 2.03 bits per heavy atom. The van der Waals surface area contributed by atoms with Gasteiger partial charge in [-0.1, -0.05) is 18.2 Å². The van der Waals surface area contributed by atoms with Crippen LogP contribution in [0.3, 0.4) is 0 Å². The first-order chi connectivity index (χ1) is 15.3. The molecule has 0 radical (unpaired) electrons. The van der Waals surface area contributed by atoms with Gasteiger partial charge in [-0.15, -0.1) is 0 Å². The van der Waals surface area contributed by atoms with Gasteiger partial charge in [0.1, 0.15) is 23.3 Å². The van der Waals surface area contributed by atoms with Crippen LogP contribution < -0.4 is 10.1 Å². The Morgan fingerprint density at radius 3 is 2.84 bits per heavy atom. The molecule has 0 aliphatic carbocycles. The van der Waals surface area contributed by atoms with Crippen LogP contribution in [-0.4, -0.2) is 45.0 Å². The van der Waals surface area contributed by atoms with Crippen molar-refractivity contribution in [2.45, 2.75) is 45.4 Å². The van der Waals surface area contributed by atoms with Gasteiger partial charge in [0.25, 0.3) is 0 Å². The molecule has 2 aliphatic rings. The Kier molecular flexibility index (Phi) is 5.39. The zero-order valence-electron chi connectivity index (χ0n) is 19.3. The lowest BCUT2D eigenvalue weighted by Gasteiger charge is -2.32. The molecule has 2 aromatic heterocycles. The van der Waals surface area contributed by atoms with Gasteiger partial charge in [0, 0.05) is 44.9 Å². The van der Waals surface area contributed by atoms with Crippen molar-refractivity contribution in [1.29, 1.82) is 0 Å². The third kappa shape index (κ3) is 4.49. The van der Waals surface area contributed by atoms with E-state index in [0.717, 1.165) is 54.8 Å². The highest BCUT2D eigenvalue weighted by molar-refractivity contribution is 5.52. The van der Waals surface area contributed by atoms with Crippen LogP contribution >= 0.6 is 0 Å². The maximum Gasteiger partial charge on any atom is 0.153 e. The molecule has 32 heavy (non-hydrogen) atoms. The largest absolute Gasteiger partial charge is 0.487 e. The summed E-state index contributed by atoms with van der Waals surface area (Å²) in [4.78, 5) is 7.25. The van der Waals surface area contributed by atoms with E-state index in [1.54, 1.807) is 0 Å². The molecule has 1 atom stereocenters. The number of rotatable bonds is 5. The van der Waals surface area contributed by atoms with E-state index in [1.165, 1.54) is 11.1 Å². The fourth-order valence-electron chi connectivity index (χ4n) is 4.50. The molecule has 1 saturated heterocycles. The Morgan fingerprint density at radius 1 is 1.16 bits per heavy atom. The third-order valence-electron chi connectivity index (χ3n) is 6.15. The molecular weight excluding hydrogens is 402 g/mol. The number of nitrogens with zero attached hydrogens (tertiary/aromatic N) is 4. The number of hydrogen-bond acceptors (Lipinski definition) is 6. The summed E-state index contributed by atoms with van der Waals surface area (Å²) in [5.74, 6) is 2.60. The molecule has 0 unspecified atom stereocenters. The number of ether oxygens (including phenoxy) is 2. The highest BCUT2D eigenvalue weighted by atomic mass is 16.5. The van der Waals surface area contributed by atoms with E-state index in [9.17, 15) is 0 Å². The van der Waals surface area contributed by atoms with Crippen LogP contribution in [0.4, 0.5) is 11.6 Å². The summed E-state index contributed by atoms with van der Waals surface area (Å²) in [5.41, 5.74) is 4.55. The first kappa shape index (κ1) is 21.0. The molecule has 7 heteroatoms. The molecule has 4 heterocycles. The van der Waals surface area contributed by atoms with Crippen molar-refractivity contribution in [3.8, 4) is 5.75 Å². The van der Waals surface area contributed by atoms with E-state index in [-0.39, 0.29) is 11.7 Å². The molecule has 2 aliphatic heterocycles. The second-order valence-electron chi connectivity index (χ2n) is 9.44. The number of aromatic nitrogens is 3. The third-order valence-corrected chi connectivity index (χ3v) is 6.15. The molecule has 3 aromatic rings. The van der Waals surface area contributed by atoms with E-state index in [0.29, 0.717) is 6.61 Å². The highest BCUT2D eigenvalue weighted by Crippen LogP contribution is 2.35. The number of benzene rings is 1. The molecule has 5 rings (SSSR count). The van der Waals surface area contributed by atoms with Crippen molar-refractivity contribution >= 4 is 11.6 Å². The van der Waals surface area contributed by atoms with E-state index in [1.807, 2.05) is 42.9 Å². The van der Waals surface area contributed by atoms with Crippen molar-refractivity contribution in [3.63, 3.8) is 0 Å². The monoisotopic (exact) mass is 433 g/mol. The second kappa shape index (κ2) is 8.22. The van der Waals surface area contributed by atoms with Gasteiger partial charge in [-0.05, 0) is 50.1 Å². The first-order valence-electron chi connectivity index (χ1n) is 11.2. The maximum atomic E-state index is 6.09. The van der Waals surface area contributed by atoms with Crippen LogP contribution in [0.2, 0.25) is 0 Å². The Hall–Kier alpha value is -2.90. The molecule has 0 spiro atoms. The van der Waals surface area contributed by atoms with Crippen molar-refractivity contribution in [2.75, 3.05) is 25.0 Å². The molecule has 1 N–H and O–H groups in total. The lowest BCUT2D eigenvalue weighted by molar-refractivity contribution is -0.0349. The standard InChI is InChI=1S/C25H31N5O2/c1-17-12-24(28-29(17)4)27-23-7-5-6-20(26-23)22-16-30(10-11-31-22)15-18-8-9-21-19(13-18)14-25(2,3)32-21/h5-9,12-13,22H,10-11,14-16H2,1-4H3,(H,26,27,28)/t22-/m0/s1. The van der Waals surface area contributed by atoms with Gasteiger partial charge < -0.3 is 14.8 Å². The minimum absolute atomic E-state index is 0.0485. The van der Waals surface area contributed by atoms with Crippen LogP contribution in [0.15, 0.2) is 42.5 Å². The molecule has 0 amide bonds. The molecule has 1 aromatic carbocycles. The number of fused-ring (bicyclic) bond motifs is 1. The normalized spacial score (nSPS) is 20.1. The lowest BCUT2D eigenvalue weighted by Crippen LogP contribution is -2.38. The minimum atomic E-state index is -0.107. The van der Waals surface area contributed by atoms with Crippen LogP contribution in [0, 0.1) is 6.92 Å². The molecule has 0 bridgehead atoms. The Balaban J connectivity index is 1.25. The average molecular weight is 434 g/mol. The van der Waals surface area contributed by atoms with E-state index < -0.39 is 0 Å². The quantitative estimate of drug-likeness (QED) is 0.652. The summed E-state index contributed by atoms with van der Waals surface area (Å²) in [6.07, 6.45) is 0.911. The molecule has 1 fully saturated rings. The second-order valence-corrected chi connectivity index (χ2v) is 9.44. The number of pyridine rings is 1. The SMILES string of the molecule is Cc1cc(Nc2cccc([C@@H]3CN(Cc4ccc5c(c4)CC(C)(C)O5)CCO3)n2)nn1C. The van der Waals surface area contributed by atoms with Crippen molar-refractivity contribution in [2.24, 2.45) is 7.05 Å². The number of morpholine rings is 1. The summed E-state index contributed by atoms with van der Waals surface area (Å²) in [6, 6.07) is 14.6. The molecule has 0 saturated carbocycles. The Labute approximate surface area is 189 Å². The summed E-state index contributed by atoms with van der Waals surface area (Å²) in [6.45, 7) is 9.65. The topological polar surface area (TPSA) is 64.4 Å². The molecular formula is C25H31N5O2. The summed E-state index contributed by atoms with van der Waals surface area (Å²) in [5, 5.41) is 7.76. The van der Waals surface area contributed by atoms with Gasteiger partial charge in [0.2, 0.25) is 0 Å². The van der Waals surface area contributed by atoms with E-state index in [2.05, 4.69) is 47.4 Å². The maximum absolute atomic E-state index is 6.09. The van der Waals surface area contributed by atoms with Crippen molar-refractivity contribution < 1.29 is 9.47 Å². The van der Waals surface area contributed by atoms with Gasteiger partial charge >= 0.3 is 0 Å². The van der Waals surface area contributed by atoms with E-state index >= 15 is 0 Å². The number of hydrogen-bond donors (Lipinski definition) is 1. The summed E-state index contributed by atoms with van der Waals surface area (Å²) in [7, 11) is 1.93. The van der Waals surface area contributed by atoms with Crippen LogP contribution in [-0.2, 0) is 24.8 Å². The first-order valence-corrected chi connectivity index (χ1v) is 11.2. The number of aryl methyl sites for hydroxylation is 2. The predicted octanol–water partition coefficient (Wildman–Crippen LogP) is 4.15. The van der Waals surface area contributed by atoms with Crippen LogP contribution in [0.1, 0.15) is 42.5 Å². The minimum Gasteiger partial charge on any atom is -0.487 e. The molecule has 168 valence electrons. The summed E-state index contributed by atoms with van der Waals surface area (Å²) < 4.78 is 14.0. The lowest BCUT2D eigenvalue weighted by atomic mass is 10.00. The van der Waals surface area contributed by atoms with Gasteiger partial charge in [0.05, 0.1) is 12.3 Å². The van der Waals surface area contributed by atoms with E-state index in [4.69, 9.17) is 14.5 Å². The van der Waals surface area contributed by atoms with Gasteiger partial charge in [-0.3, -0.25) is 9.58 Å². The number of nitrogens with one attached hydrogen (secondary N) is 1. The number of anilines is 2. The zero-order valence-corrected chi connectivity index (χ0v) is 19.3. The van der Waals surface area contributed by atoms with Gasteiger partial charge in [-0.2, -0.15) is 5.10 Å². The van der Waals surface area contributed by atoms with Crippen molar-refractivity contribution in [3.05, 3.63) is 65.0 Å². The average Bonchev–Trinajstić information content (AvgIpc) is 3.24. The van der Waals surface area contributed by atoms with Crippen LogP contribution in [0.25, 0.3) is 0 Å². The predicted molar refractivity (Wildman–Crippen MR) is 124 cm³/mol. The fourth-order valence-corrected chi connectivity index (χ4v) is 4.50. The smallest absolute Gasteiger partial charge is 0.153 e.